The second-order valence-corrected chi connectivity index (χ2v) is 7.63. The van der Waals surface area contributed by atoms with Gasteiger partial charge in [-0.15, -0.1) is 0 Å². The lowest BCUT2D eigenvalue weighted by atomic mass is 10.1. The van der Waals surface area contributed by atoms with Crippen molar-refractivity contribution in [3.63, 3.8) is 0 Å². The van der Waals surface area contributed by atoms with E-state index in [-0.39, 0.29) is 37.7 Å². The number of carbonyl (C=O) groups is 1. The number of nitrogens with zero attached hydrogens (tertiary/aromatic N) is 3. The Hall–Kier alpha value is -3.77. The van der Waals surface area contributed by atoms with E-state index in [1.54, 1.807) is 53.3 Å². The predicted molar refractivity (Wildman–Crippen MR) is 111 cm³/mol. The Kier molecular flexibility index (Phi) is 6.14. The van der Waals surface area contributed by atoms with Crippen LogP contribution in [0.4, 0.5) is 14.6 Å². The van der Waals surface area contributed by atoms with Gasteiger partial charge in [-0.1, -0.05) is 18.2 Å². The maximum Gasteiger partial charge on any atom is 0.229 e. The van der Waals surface area contributed by atoms with Crippen LogP contribution in [0.3, 0.4) is 0 Å². The number of nitriles is 1. The molecule has 0 atom stereocenters. The van der Waals surface area contributed by atoms with Crippen LogP contribution in [0.5, 0.6) is 5.75 Å². The third-order valence-electron chi connectivity index (χ3n) is 4.91. The molecule has 7 nitrogen and oxygen atoms in total. The fourth-order valence-electron chi connectivity index (χ4n) is 3.15. The Morgan fingerprint density at radius 2 is 1.97 bits per heavy atom. The van der Waals surface area contributed by atoms with Crippen LogP contribution in [0.25, 0.3) is 0 Å². The van der Waals surface area contributed by atoms with Crippen LogP contribution in [0, 0.1) is 17.1 Å². The summed E-state index contributed by atoms with van der Waals surface area (Å²) in [5.41, 5.74) is -0.0189. The fraction of sp³-hybridized carbons (Fsp3) is 0.261. The summed E-state index contributed by atoms with van der Waals surface area (Å²) in [5.74, 6) is 0.0714. The first-order valence-electron chi connectivity index (χ1n) is 9.93. The molecule has 32 heavy (non-hydrogen) atoms. The minimum atomic E-state index is -1.42. The van der Waals surface area contributed by atoms with Gasteiger partial charge in [0.1, 0.15) is 24.2 Å². The number of carbonyl (C=O) groups excluding carboxylic acids is 1. The number of benzene rings is 2. The summed E-state index contributed by atoms with van der Waals surface area (Å²) >= 11 is 0. The summed E-state index contributed by atoms with van der Waals surface area (Å²) in [6.07, 6.45) is 1.80. The van der Waals surface area contributed by atoms with Gasteiger partial charge in [0.25, 0.3) is 0 Å². The van der Waals surface area contributed by atoms with Gasteiger partial charge in [-0.25, -0.2) is 8.78 Å². The zero-order valence-electron chi connectivity index (χ0n) is 17.1. The molecule has 1 fully saturated rings. The first-order valence-corrected chi connectivity index (χ1v) is 9.93. The number of amides is 1. The average molecular weight is 438 g/mol. The Balaban J connectivity index is 1.27. The lowest BCUT2D eigenvalue weighted by Gasteiger charge is -2.33. The van der Waals surface area contributed by atoms with E-state index in [4.69, 9.17) is 14.7 Å². The van der Waals surface area contributed by atoms with Crippen LogP contribution in [-0.2, 0) is 22.5 Å². The highest BCUT2D eigenvalue weighted by atomic mass is 19.1. The molecule has 1 aliphatic heterocycles. The molecule has 0 spiro atoms. The molecule has 2 heterocycles. The third-order valence-corrected chi connectivity index (χ3v) is 4.91. The molecule has 0 aliphatic carbocycles. The van der Waals surface area contributed by atoms with Gasteiger partial charge >= 0.3 is 0 Å². The second-order valence-electron chi connectivity index (χ2n) is 7.63. The third kappa shape index (κ3) is 5.28. The summed E-state index contributed by atoms with van der Waals surface area (Å²) < 4.78 is 39.5. The molecule has 1 N–H and O–H groups in total. The van der Waals surface area contributed by atoms with Crippen LogP contribution in [0.15, 0.2) is 54.7 Å². The maximum absolute atomic E-state index is 13.9. The molecule has 0 radical (unpaired) electrons. The number of alkyl halides is 1. The monoisotopic (exact) mass is 438 g/mol. The second kappa shape index (κ2) is 9.16. The van der Waals surface area contributed by atoms with Crippen molar-refractivity contribution < 1.29 is 23.0 Å². The molecule has 4 rings (SSSR count). The highest BCUT2D eigenvalue weighted by Gasteiger charge is 2.39. The molecule has 2 aromatic carbocycles. The summed E-state index contributed by atoms with van der Waals surface area (Å²) in [6.45, 7) is 0.327. The SMILES string of the molecule is N#Cc1ccc(Cn2ccc(NC(=O)Cc3ccc(OCC4(F)COC4)cc3)n2)cc1F. The summed E-state index contributed by atoms with van der Waals surface area (Å²) in [7, 11) is 0. The van der Waals surface area contributed by atoms with Gasteiger partial charge < -0.3 is 14.8 Å². The van der Waals surface area contributed by atoms with Crippen molar-refractivity contribution in [3.8, 4) is 11.8 Å². The normalized spacial score (nSPS) is 14.3. The fourth-order valence-corrected chi connectivity index (χ4v) is 3.15. The summed E-state index contributed by atoms with van der Waals surface area (Å²) in [6, 6.07) is 14.7. The zero-order valence-corrected chi connectivity index (χ0v) is 17.1. The minimum Gasteiger partial charge on any atom is -0.490 e. The van der Waals surface area contributed by atoms with Crippen LogP contribution >= 0.6 is 0 Å². The van der Waals surface area contributed by atoms with Crippen LogP contribution in [0.1, 0.15) is 16.7 Å². The van der Waals surface area contributed by atoms with E-state index < -0.39 is 11.5 Å². The van der Waals surface area contributed by atoms with Gasteiger partial charge in [0.15, 0.2) is 11.5 Å². The number of anilines is 1. The topological polar surface area (TPSA) is 89.2 Å². The number of aromatic nitrogens is 2. The average Bonchev–Trinajstić information content (AvgIpc) is 3.18. The number of rotatable bonds is 8. The summed E-state index contributed by atoms with van der Waals surface area (Å²) in [4.78, 5) is 12.3. The van der Waals surface area contributed by atoms with Crippen molar-refractivity contribution >= 4 is 11.7 Å². The number of hydrogen-bond donors (Lipinski definition) is 1. The van der Waals surface area contributed by atoms with E-state index >= 15 is 0 Å². The molecule has 1 saturated heterocycles. The van der Waals surface area contributed by atoms with Gasteiger partial charge in [0.05, 0.1) is 31.7 Å². The highest BCUT2D eigenvalue weighted by molar-refractivity contribution is 5.91. The Morgan fingerprint density at radius 3 is 2.62 bits per heavy atom. The number of halogens is 2. The lowest BCUT2D eigenvalue weighted by molar-refractivity contribution is -0.146. The van der Waals surface area contributed by atoms with Crippen LogP contribution in [-0.4, -0.2) is 41.2 Å². The van der Waals surface area contributed by atoms with E-state index in [0.717, 1.165) is 5.56 Å². The number of nitrogens with one attached hydrogen (secondary N) is 1. The van der Waals surface area contributed by atoms with E-state index in [1.165, 1.54) is 12.1 Å². The molecule has 1 amide bonds. The smallest absolute Gasteiger partial charge is 0.229 e. The minimum absolute atomic E-state index is 0.0129. The number of hydrogen-bond acceptors (Lipinski definition) is 5. The summed E-state index contributed by atoms with van der Waals surface area (Å²) in [5, 5.41) is 15.8. The van der Waals surface area contributed by atoms with Crippen LogP contribution < -0.4 is 10.1 Å². The largest absolute Gasteiger partial charge is 0.490 e. The van der Waals surface area contributed by atoms with Gasteiger partial charge in [-0.3, -0.25) is 9.48 Å². The van der Waals surface area contributed by atoms with Crippen molar-refractivity contribution in [2.45, 2.75) is 18.6 Å². The quantitative estimate of drug-likeness (QED) is 0.583. The zero-order chi connectivity index (χ0) is 22.6. The van der Waals surface area contributed by atoms with Gasteiger partial charge in [-0.2, -0.15) is 10.4 Å². The van der Waals surface area contributed by atoms with E-state index in [9.17, 15) is 13.6 Å². The standard InChI is InChI=1S/C23H20F2N4O3/c24-20-9-17(1-4-18(20)11-26)12-29-8-7-21(28-29)27-22(30)10-16-2-5-19(6-3-16)32-15-23(25)13-31-14-23/h1-9H,10,12-15H2,(H,27,28,30). The first-order chi connectivity index (χ1) is 15.4. The van der Waals surface area contributed by atoms with Gasteiger partial charge in [-0.05, 0) is 35.4 Å². The van der Waals surface area contributed by atoms with Crippen molar-refractivity contribution in [2.75, 3.05) is 25.1 Å². The predicted octanol–water partition coefficient (Wildman–Crippen LogP) is 3.24. The van der Waals surface area contributed by atoms with E-state index in [0.29, 0.717) is 23.7 Å². The molecule has 0 saturated carbocycles. The van der Waals surface area contributed by atoms with Crippen molar-refractivity contribution in [2.24, 2.45) is 0 Å². The maximum atomic E-state index is 13.9. The molecular formula is C23H20F2N4O3. The first kappa shape index (κ1) is 21.5. The number of ether oxygens (including phenoxy) is 2. The van der Waals surface area contributed by atoms with E-state index in [1.807, 2.05) is 0 Å². The van der Waals surface area contributed by atoms with Gasteiger partial charge in [0.2, 0.25) is 5.91 Å². The van der Waals surface area contributed by atoms with Crippen LogP contribution in [0.2, 0.25) is 0 Å². The Morgan fingerprint density at radius 1 is 1.22 bits per heavy atom. The Labute approximate surface area is 183 Å². The Bertz CT molecular complexity index is 1150. The van der Waals surface area contributed by atoms with E-state index in [2.05, 4.69) is 10.4 Å². The molecule has 3 aromatic rings. The highest BCUT2D eigenvalue weighted by Crippen LogP contribution is 2.23. The molecule has 0 bridgehead atoms. The molecule has 9 heteroatoms. The molecule has 0 unspecified atom stereocenters. The van der Waals surface area contributed by atoms with Crippen molar-refractivity contribution in [1.82, 2.24) is 9.78 Å². The lowest BCUT2D eigenvalue weighted by Crippen LogP contribution is -2.50. The van der Waals surface area contributed by atoms with Gasteiger partial charge in [0, 0.05) is 12.3 Å². The molecule has 1 aliphatic rings. The molecular weight excluding hydrogens is 418 g/mol. The molecule has 1 aromatic heterocycles. The van der Waals surface area contributed by atoms with Crippen molar-refractivity contribution in [3.05, 3.63) is 77.2 Å². The molecule has 164 valence electrons. The van der Waals surface area contributed by atoms with Crippen molar-refractivity contribution in [1.29, 1.82) is 5.26 Å².